The van der Waals surface area contributed by atoms with Gasteiger partial charge in [0, 0.05) is 12.0 Å². The van der Waals surface area contributed by atoms with E-state index in [1.807, 2.05) is 0 Å². The first-order chi connectivity index (χ1) is 10.9. The molecule has 1 saturated carbocycles. The predicted octanol–water partition coefficient (Wildman–Crippen LogP) is 2.68. The van der Waals surface area contributed by atoms with Gasteiger partial charge in [-0.15, -0.1) is 5.10 Å². The number of hydrogen-bond donors (Lipinski definition) is 2. The van der Waals surface area contributed by atoms with Crippen molar-refractivity contribution in [2.24, 2.45) is 0 Å². The Morgan fingerprint density at radius 1 is 1.30 bits per heavy atom. The minimum absolute atomic E-state index is 0.0392. The van der Waals surface area contributed by atoms with Gasteiger partial charge in [-0.05, 0) is 25.0 Å². The lowest BCUT2D eigenvalue weighted by atomic mass is 10.3. The molecule has 23 heavy (non-hydrogen) atoms. The third-order valence-electron chi connectivity index (χ3n) is 3.19. The summed E-state index contributed by atoms with van der Waals surface area (Å²) < 4.78 is 41.2. The number of hydrogen-bond acceptors (Lipinski definition) is 5. The quantitative estimate of drug-likeness (QED) is 0.900. The molecule has 1 fully saturated rings. The zero-order valence-corrected chi connectivity index (χ0v) is 11.7. The number of nitrogens with zero attached hydrogens (tertiary/aromatic N) is 3. The van der Waals surface area contributed by atoms with E-state index in [-0.39, 0.29) is 18.1 Å². The summed E-state index contributed by atoms with van der Waals surface area (Å²) in [5.74, 6) is -0.500. The second kappa shape index (κ2) is 5.86. The van der Waals surface area contributed by atoms with Crippen LogP contribution in [0, 0.1) is 0 Å². The molecule has 2 heterocycles. The second-order valence-corrected chi connectivity index (χ2v) is 5.11. The summed E-state index contributed by atoms with van der Waals surface area (Å²) in [7, 11) is 0. The van der Waals surface area contributed by atoms with Crippen LogP contribution in [0.25, 0.3) is 0 Å². The van der Waals surface area contributed by atoms with Crippen LogP contribution < -0.4 is 10.6 Å². The Hall–Kier alpha value is -2.65. The van der Waals surface area contributed by atoms with Crippen molar-refractivity contribution in [3.05, 3.63) is 35.3 Å². The molecule has 1 aliphatic carbocycles. The second-order valence-electron chi connectivity index (χ2n) is 5.11. The highest BCUT2D eigenvalue weighted by Crippen LogP contribution is 2.38. The zero-order valence-electron chi connectivity index (χ0n) is 11.7. The fourth-order valence-electron chi connectivity index (χ4n) is 1.87. The molecule has 2 N–H and O–H groups in total. The van der Waals surface area contributed by atoms with Gasteiger partial charge in [0.25, 0.3) is 0 Å². The number of rotatable bonds is 4. The number of alkyl halides is 3. The predicted molar refractivity (Wildman–Crippen MR) is 71.4 cm³/mol. The van der Waals surface area contributed by atoms with E-state index < -0.39 is 18.0 Å². The summed E-state index contributed by atoms with van der Waals surface area (Å²) in [5.41, 5.74) is 0.848. The van der Waals surface area contributed by atoms with Gasteiger partial charge < -0.3 is 9.84 Å². The fourth-order valence-corrected chi connectivity index (χ4v) is 1.87. The molecule has 3 rings (SSSR count). The molecule has 2 aromatic rings. The van der Waals surface area contributed by atoms with Crippen LogP contribution in [0.5, 0.6) is 0 Å². The van der Waals surface area contributed by atoms with Gasteiger partial charge >= 0.3 is 12.2 Å². The van der Waals surface area contributed by atoms with Crippen molar-refractivity contribution < 1.29 is 22.5 Å². The third kappa shape index (κ3) is 3.96. The minimum atomic E-state index is -4.60. The molecule has 0 atom stereocenters. The molecule has 0 spiro atoms. The van der Waals surface area contributed by atoms with Crippen molar-refractivity contribution in [3.8, 4) is 0 Å². The van der Waals surface area contributed by atoms with Crippen LogP contribution in [0.4, 0.5) is 23.8 Å². The maximum atomic E-state index is 12.3. The summed E-state index contributed by atoms with van der Waals surface area (Å²) in [6, 6.07) is 3.51. The third-order valence-corrected chi connectivity index (χ3v) is 3.19. The first-order valence-electron chi connectivity index (χ1n) is 6.83. The number of urea groups is 1. The normalized spacial score (nSPS) is 14.6. The van der Waals surface area contributed by atoms with Crippen LogP contribution in [0.15, 0.2) is 22.7 Å². The molecule has 0 aliphatic heterocycles. The monoisotopic (exact) mass is 327 g/mol. The maximum absolute atomic E-state index is 12.3. The van der Waals surface area contributed by atoms with Gasteiger partial charge in [0.1, 0.15) is 5.69 Å². The van der Waals surface area contributed by atoms with Gasteiger partial charge in [-0.25, -0.2) is 4.79 Å². The molecule has 0 radical (unpaired) electrons. The van der Waals surface area contributed by atoms with Crippen LogP contribution in [-0.4, -0.2) is 21.4 Å². The van der Waals surface area contributed by atoms with Crippen LogP contribution in [0.3, 0.4) is 0 Å². The Balaban J connectivity index is 1.50. The summed E-state index contributed by atoms with van der Waals surface area (Å²) in [5, 5.41) is 15.9. The summed E-state index contributed by atoms with van der Waals surface area (Å²) >= 11 is 0. The van der Waals surface area contributed by atoms with Crippen molar-refractivity contribution in [1.29, 1.82) is 0 Å². The molecule has 0 bridgehead atoms. The molecule has 0 saturated heterocycles. The molecule has 1 aliphatic rings. The lowest BCUT2D eigenvalue weighted by molar-refractivity contribution is -0.155. The first kappa shape index (κ1) is 15.3. The smallest absolute Gasteiger partial charge is 0.351 e. The number of halogens is 3. The van der Waals surface area contributed by atoms with E-state index in [0.29, 0.717) is 5.92 Å². The van der Waals surface area contributed by atoms with Gasteiger partial charge in [-0.3, -0.25) is 5.32 Å². The van der Waals surface area contributed by atoms with Gasteiger partial charge in [-0.2, -0.15) is 18.3 Å². The van der Waals surface area contributed by atoms with Gasteiger partial charge in [0.05, 0.1) is 12.2 Å². The maximum Gasteiger partial charge on any atom is 0.452 e. The van der Waals surface area contributed by atoms with E-state index in [0.717, 1.165) is 24.6 Å². The SMILES string of the molecule is O=C(NCc1cc(C(F)(F)F)on1)Nc1ccc(C2CC2)nn1. The van der Waals surface area contributed by atoms with Gasteiger partial charge in [-0.1, -0.05) is 5.16 Å². The molecule has 7 nitrogen and oxygen atoms in total. The first-order valence-corrected chi connectivity index (χ1v) is 6.83. The van der Waals surface area contributed by atoms with E-state index in [4.69, 9.17) is 0 Å². The standard InChI is InChI=1S/C13H12F3N5O2/c14-13(15,16)10-5-8(21-23-10)6-17-12(22)18-11-4-3-9(19-20-11)7-1-2-7/h3-5,7H,1-2,6H2,(H2,17,18,20,22). The highest BCUT2D eigenvalue weighted by atomic mass is 19.4. The lowest BCUT2D eigenvalue weighted by Gasteiger charge is -2.05. The largest absolute Gasteiger partial charge is 0.452 e. The van der Waals surface area contributed by atoms with E-state index in [1.54, 1.807) is 12.1 Å². The Morgan fingerprint density at radius 2 is 2.09 bits per heavy atom. The number of amides is 2. The van der Waals surface area contributed by atoms with Crippen molar-refractivity contribution in [1.82, 2.24) is 20.7 Å². The van der Waals surface area contributed by atoms with Crippen molar-refractivity contribution in [2.45, 2.75) is 31.5 Å². The Kier molecular flexibility index (Phi) is 3.89. The Bertz CT molecular complexity index is 694. The van der Waals surface area contributed by atoms with Crippen molar-refractivity contribution in [2.75, 3.05) is 5.32 Å². The molecule has 2 aromatic heterocycles. The molecular formula is C13H12F3N5O2. The Labute approximate surface area is 128 Å². The lowest BCUT2D eigenvalue weighted by Crippen LogP contribution is -2.28. The zero-order chi connectivity index (χ0) is 16.4. The van der Waals surface area contributed by atoms with Gasteiger partial charge in [0.2, 0.25) is 5.76 Å². The topological polar surface area (TPSA) is 92.9 Å². The fraction of sp³-hybridized carbons (Fsp3) is 0.385. The van der Waals surface area contributed by atoms with E-state index in [1.165, 1.54) is 0 Å². The van der Waals surface area contributed by atoms with E-state index in [9.17, 15) is 18.0 Å². The number of anilines is 1. The van der Waals surface area contributed by atoms with Crippen molar-refractivity contribution in [3.63, 3.8) is 0 Å². The highest BCUT2D eigenvalue weighted by Gasteiger charge is 2.36. The minimum Gasteiger partial charge on any atom is -0.351 e. The molecular weight excluding hydrogens is 315 g/mol. The van der Waals surface area contributed by atoms with E-state index in [2.05, 4.69) is 30.5 Å². The van der Waals surface area contributed by atoms with Crippen LogP contribution in [0.1, 0.15) is 35.9 Å². The van der Waals surface area contributed by atoms with Crippen LogP contribution in [-0.2, 0) is 12.7 Å². The summed E-state index contributed by atoms with van der Waals surface area (Å²) in [6.07, 6.45) is -2.41. The Morgan fingerprint density at radius 3 is 2.65 bits per heavy atom. The molecule has 0 unspecified atom stereocenters. The van der Waals surface area contributed by atoms with E-state index >= 15 is 0 Å². The molecule has 0 aromatic carbocycles. The van der Waals surface area contributed by atoms with Crippen LogP contribution >= 0.6 is 0 Å². The number of nitrogens with one attached hydrogen (secondary N) is 2. The molecule has 10 heteroatoms. The van der Waals surface area contributed by atoms with Gasteiger partial charge in [0.15, 0.2) is 5.82 Å². The van der Waals surface area contributed by atoms with Crippen molar-refractivity contribution >= 4 is 11.8 Å². The molecule has 2 amide bonds. The highest BCUT2D eigenvalue weighted by molar-refractivity contribution is 5.87. The number of aromatic nitrogens is 3. The number of carbonyl (C=O) groups is 1. The summed E-state index contributed by atoms with van der Waals surface area (Å²) in [4.78, 5) is 11.7. The average Bonchev–Trinajstić information content (AvgIpc) is 3.22. The molecule has 122 valence electrons. The number of carbonyl (C=O) groups excluding carboxylic acids is 1. The summed E-state index contributed by atoms with van der Waals surface area (Å²) in [6.45, 7) is -0.209. The average molecular weight is 327 g/mol. The van der Waals surface area contributed by atoms with Crippen LogP contribution in [0.2, 0.25) is 0 Å².